The monoisotopic (exact) mass is 503 g/mol. The van der Waals surface area contributed by atoms with Crippen molar-refractivity contribution in [1.82, 2.24) is 19.7 Å². The molecule has 1 N–H and O–H groups in total. The molecule has 36 heavy (non-hydrogen) atoms. The Morgan fingerprint density at radius 3 is 2.72 bits per heavy atom. The van der Waals surface area contributed by atoms with Gasteiger partial charge in [0.05, 0.1) is 16.1 Å². The number of nitrogens with zero attached hydrogens (tertiary/aromatic N) is 4. The van der Waals surface area contributed by atoms with Crippen LogP contribution in [0.3, 0.4) is 0 Å². The number of nitrogens with one attached hydrogen (secondary N) is 1. The molecule has 3 heterocycles. The summed E-state index contributed by atoms with van der Waals surface area (Å²) in [5.41, 5.74) is 2.55. The number of pyridine rings is 2. The van der Waals surface area contributed by atoms with Crippen molar-refractivity contribution in [2.45, 2.75) is 20.4 Å². The molecular formula is C26H19ClFN5O3. The SMILES string of the molecule is Cc1ccc(NC(=O)Cn2cc(-c3nc(-c4cccc(F)c4)no3)c(=O)c3ccc(C)nc32)c(Cl)c1. The zero-order valence-corrected chi connectivity index (χ0v) is 20.0. The highest BCUT2D eigenvalue weighted by molar-refractivity contribution is 6.33. The summed E-state index contributed by atoms with van der Waals surface area (Å²) in [6, 6.07) is 14.4. The highest BCUT2D eigenvalue weighted by Crippen LogP contribution is 2.24. The minimum absolute atomic E-state index is 0.0579. The lowest BCUT2D eigenvalue weighted by Gasteiger charge is -2.13. The van der Waals surface area contributed by atoms with Crippen molar-refractivity contribution in [3.05, 3.63) is 93.1 Å². The minimum atomic E-state index is -0.451. The van der Waals surface area contributed by atoms with Crippen LogP contribution in [0, 0.1) is 19.7 Å². The van der Waals surface area contributed by atoms with Crippen molar-refractivity contribution in [2.24, 2.45) is 0 Å². The van der Waals surface area contributed by atoms with E-state index in [0.29, 0.717) is 27.6 Å². The Hall–Kier alpha value is -4.37. The average molecular weight is 504 g/mol. The summed E-state index contributed by atoms with van der Waals surface area (Å²) in [7, 11) is 0. The molecule has 180 valence electrons. The fraction of sp³-hybridized carbons (Fsp3) is 0.115. The molecule has 5 aromatic rings. The van der Waals surface area contributed by atoms with E-state index in [0.717, 1.165) is 5.56 Å². The van der Waals surface area contributed by atoms with Crippen molar-refractivity contribution >= 4 is 34.2 Å². The molecule has 0 saturated carbocycles. The first-order valence-corrected chi connectivity index (χ1v) is 11.3. The van der Waals surface area contributed by atoms with Crippen LogP contribution in [-0.2, 0) is 11.3 Å². The topological polar surface area (TPSA) is 103 Å². The Labute approximate surface area is 209 Å². The molecule has 10 heteroatoms. The molecular weight excluding hydrogens is 485 g/mol. The summed E-state index contributed by atoms with van der Waals surface area (Å²) in [6.45, 7) is 3.53. The maximum atomic E-state index is 13.6. The largest absolute Gasteiger partial charge is 0.333 e. The third-order valence-electron chi connectivity index (χ3n) is 5.51. The van der Waals surface area contributed by atoms with E-state index in [1.807, 2.05) is 13.0 Å². The van der Waals surface area contributed by atoms with Crippen molar-refractivity contribution < 1.29 is 13.7 Å². The summed E-state index contributed by atoms with van der Waals surface area (Å²) in [4.78, 5) is 35.0. The van der Waals surface area contributed by atoms with Crippen molar-refractivity contribution in [2.75, 3.05) is 5.32 Å². The second-order valence-electron chi connectivity index (χ2n) is 8.29. The van der Waals surface area contributed by atoms with Gasteiger partial charge in [0.15, 0.2) is 0 Å². The van der Waals surface area contributed by atoms with Crippen LogP contribution in [0.25, 0.3) is 33.9 Å². The summed E-state index contributed by atoms with van der Waals surface area (Å²) in [5.74, 6) is -0.749. The van der Waals surface area contributed by atoms with E-state index in [1.165, 1.54) is 24.4 Å². The lowest BCUT2D eigenvalue weighted by molar-refractivity contribution is -0.116. The number of aryl methyl sites for hydroxylation is 2. The van der Waals surface area contributed by atoms with Crippen molar-refractivity contribution in [3.8, 4) is 22.8 Å². The molecule has 0 aliphatic rings. The molecule has 8 nitrogen and oxygen atoms in total. The lowest BCUT2D eigenvalue weighted by Crippen LogP contribution is -2.22. The fourth-order valence-electron chi connectivity index (χ4n) is 3.78. The second-order valence-corrected chi connectivity index (χ2v) is 8.70. The molecule has 0 bridgehead atoms. The first-order valence-electron chi connectivity index (χ1n) is 11.0. The molecule has 0 unspecified atom stereocenters. The molecule has 0 aliphatic heterocycles. The van der Waals surface area contributed by atoms with E-state index in [4.69, 9.17) is 16.1 Å². The zero-order valence-electron chi connectivity index (χ0n) is 19.3. The van der Waals surface area contributed by atoms with Gasteiger partial charge in [-0.05, 0) is 55.8 Å². The van der Waals surface area contributed by atoms with Gasteiger partial charge in [-0.2, -0.15) is 4.98 Å². The first-order chi connectivity index (χ1) is 17.3. The van der Waals surface area contributed by atoms with Crippen LogP contribution in [0.1, 0.15) is 11.3 Å². The zero-order chi connectivity index (χ0) is 25.4. The Kier molecular flexibility index (Phi) is 6.07. The molecule has 3 aromatic heterocycles. The number of hydrogen-bond donors (Lipinski definition) is 1. The Morgan fingerprint density at radius 2 is 1.94 bits per heavy atom. The first kappa shape index (κ1) is 23.4. The van der Waals surface area contributed by atoms with Crippen molar-refractivity contribution in [3.63, 3.8) is 0 Å². The van der Waals surface area contributed by atoms with Gasteiger partial charge in [0.25, 0.3) is 5.89 Å². The molecule has 1 amide bonds. The number of amides is 1. The van der Waals surface area contributed by atoms with E-state index < -0.39 is 5.82 Å². The van der Waals surface area contributed by atoms with Crippen LogP contribution >= 0.6 is 11.6 Å². The van der Waals surface area contributed by atoms with Gasteiger partial charge in [0, 0.05) is 17.5 Å². The summed E-state index contributed by atoms with van der Waals surface area (Å²) in [5, 5.41) is 7.37. The summed E-state index contributed by atoms with van der Waals surface area (Å²) < 4.78 is 20.5. The van der Waals surface area contributed by atoms with Gasteiger partial charge in [-0.3, -0.25) is 9.59 Å². The molecule has 0 spiro atoms. The van der Waals surface area contributed by atoms with Crippen LogP contribution in [0.4, 0.5) is 10.1 Å². The fourth-order valence-corrected chi connectivity index (χ4v) is 4.06. The third kappa shape index (κ3) is 4.60. The van der Waals surface area contributed by atoms with Gasteiger partial charge >= 0.3 is 0 Å². The predicted octanol–water partition coefficient (Wildman–Crippen LogP) is 5.16. The van der Waals surface area contributed by atoms with E-state index >= 15 is 0 Å². The van der Waals surface area contributed by atoms with E-state index in [2.05, 4.69) is 20.4 Å². The number of benzene rings is 2. The number of carbonyl (C=O) groups is 1. The summed E-state index contributed by atoms with van der Waals surface area (Å²) >= 11 is 6.25. The number of halogens is 2. The van der Waals surface area contributed by atoms with Crippen LogP contribution in [0.15, 0.2) is 70.1 Å². The Bertz CT molecular complexity index is 1700. The number of anilines is 1. The van der Waals surface area contributed by atoms with Gasteiger partial charge in [-0.1, -0.05) is 35.0 Å². The third-order valence-corrected chi connectivity index (χ3v) is 5.83. The van der Waals surface area contributed by atoms with Gasteiger partial charge in [-0.25, -0.2) is 9.37 Å². The van der Waals surface area contributed by atoms with Crippen LogP contribution in [0.2, 0.25) is 5.02 Å². The number of aromatic nitrogens is 4. The van der Waals surface area contributed by atoms with Gasteiger partial charge in [-0.15, -0.1) is 0 Å². The lowest BCUT2D eigenvalue weighted by atomic mass is 10.1. The maximum absolute atomic E-state index is 13.6. The number of carbonyl (C=O) groups excluding carboxylic acids is 1. The standard InChI is InChI=1S/C26H19ClFN5O3/c1-14-6-9-21(20(27)10-14)30-22(34)13-33-12-19(23(35)18-8-7-15(2)29-25(18)33)26-31-24(32-36-26)16-4-3-5-17(28)11-16/h3-12H,13H2,1-2H3,(H,30,34). The smallest absolute Gasteiger partial charge is 0.263 e. The molecule has 0 fully saturated rings. The second kappa shape index (κ2) is 9.35. The van der Waals surface area contributed by atoms with Gasteiger partial charge in [0.2, 0.25) is 17.2 Å². The molecule has 2 aromatic carbocycles. The van der Waals surface area contributed by atoms with Gasteiger partial charge in [0.1, 0.15) is 23.6 Å². The Balaban J connectivity index is 1.55. The van der Waals surface area contributed by atoms with E-state index in [1.54, 1.807) is 41.8 Å². The average Bonchev–Trinajstić information content (AvgIpc) is 3.33. The van der Waals surface area contributed by atoms with E-state index in [-0.39, 0.29) is 40.5 Å². The predicted molar refractivity (Wildman–Crippen MR) is 134 cm³/mol. The number of hydrogen-bond acceptors (Lipinski definition) is 6. The van der Waals surface area contributed by atoms with Crippen LogP contribution in [-0.4, -0.2) is 25.6 Å². The quantitative estimate of drug-likeness (QED) is 0.355. The molecule has 0 saturated heterocycles. The van der Waals surface area contributed by atoms with Crippen LogP contribution in [0.5, 0.6) is 0 Å². The minimum Gasteiger partial charge on any atom is -0.333 e. The number of fused-ring (bicyclic) bond motifs is 1. The normalized spacial score (nSPS) is 11.1. The van der Waals surface area contributed by atoms with Crippen molar-refractivity contribution in [1.29, 1.82) is 0 Å². The van der Waals surface area contributed by atoms with Gasteiger partial charge < -0.3 is 14.4 Å². The molecule has 0 radical (unpaired) electrons. The van der Waals surface area contributed by atoms with Crippen LogP contribution < -0.4 is 10.7 Å². The maximum Gasteiger partial charge on any atom is 0.263 e. The molecule has 0 atom stereocenters. The van der Waals surface area contributed by atoms with E-state index in [9.17, 15) is 14.0 Å². The Morgan fingerprint density at radius 1 is 1.11 bits per heavy atom. The summed E-state index contributed by atoms with van der Waals surface area (Å²) in [6.07, 6.45) is 1.45. The number of rotatable bonds is 5. The molecule has 0 aliphatic carbocycles. The highest BCUT2D eigenvalue weighted by Gasteiger charge is 2.19. The highest BCUT2D eigenvalue weighted by atomic mass is 35.5. The molecule has 5 rings (SSSR count).